The summed E-state index contributed by atoms with van der Waals surface area (Å²) in [6.45, 7) is 8.09. The van der Waals surface area contributed by atoms with Crippen LogP contribution in [0.5, 0.6) is 0 Å². The molecule has 2 saturated heterocycles. The lowest BCUT2D eigenvalue weighted by atomic mass is 9.85. The standard InChI is InChI=1S/C11H21O3P/c1-7-9(6-15-3)4-13-10-5-12-8(2)14-11(7)10/h7-11,15H,4-6H2,1-3H3. The van der Waals surface area contributed by atoms with E-state index in [1.807, 2.05) is 6.92 Å². The Morgan fingerprint density at radius 1 is 1.20 bits per heavy atom. The van der Waals surface area contributed by atoms with E-state index in [0.717, 1.165) is 15.2 Å². The van der Waals surface area contributed by atoms with Crippen LogP contribution in [0.15, 0.2) is 0 Å². The minimum Gasteiger partial charge on any atom is -0.373 e. The Kier molecular flexibility index (Phi) is 4.00. The van der Waals surface area contributed by atoms with Crippen LogP contribution in [-0.4, -0.2) is 44.5 Å². The number of rotatable bonds is 2. The maximum absolute atomic E-state index is 5.83. The molecule has 88 valence electrons. The molecule has 2 rings (SSSR count). The fraction of sp³-hybridized carbons (Fsp3) is 1.00. The van der Waals surface area contributed by atoms with E-state index < -0.39 is 0 Å². The van der Waals surface area contributed by atoms with Gasteiger partial charge in [-0.25, -0.2) is 0 Å². The van der Waals surface area contributed by atoms with Gasteiger partial charge in [0.2, 0.25) is 0 Å². The van der Waals surface area contributed by atoms with Gasteiger partial charge in [0.15, 0.2) is 6.29 Å². The van der Waals surface area contributed by atoms with E-state index in [2.05, 4.69) is 13.6 Å². The van der Waals surface area contributed by atoms with Gasteiger partial charge in [0, 0.05) is 0 Å². The lowest BCUT2D eigenvalue weighted by Gasteiger charge is -2.45. The van der Waals surface area contributed by atoms with Gasteiger partial charge in [-0.15, -0.1) is 8.58 Å². The summed E-state index contributed by atoms with van der Waals surface area (Å²) in [5.41, 5.74) is 0. The molecule has 2 heterocycles. The molecule has 0 N–H and O–H groups in total. The summed E-state index contributed by atoms with van der Waals surface area (Å²) in [4.78, 5) is 0. The summed E-state index contributed by atoms with van der Waals surface area (Å²) < 4.78 is 17.1. The molecule has 0 aliphatic carbocycles. The van der Waals surface area contributed by atoms with Gasteiger partial charge in [0.1, 0.15) is 6.10 Å². The van der Waals surface area contributed by atoms with E-state index in [-0.39, 0.29) is 18.5 Å². The predicted octanol–water partition coefficient (Wildman–Crippen LogP) is 1.71. The van der Waals surface area contributed by atoms with Crippen molar-refractivity contribution < 1.29 is 14.2 Å². The molecule has 15 heavy (non-hydrogen) atoms. The molecule has 0 aromatic rings. The largest absolute Gasteiger partial charge is 0.373 e. The van der Waals surface area contributed by atoms with Gasteiger partial charge in [-0.3, -0.25) is 0 Å². The second-order valence-electron chi connectivity index (χ2n) is 4.55. The van der Waals surface area contributed by atoms with Crippen LogP contribution in [0.3, 0.4) is 0 Å². The van der Waals surface area contributed by atoms with Crippen molar-refractivity contribution >= 4 is 8.58 Å². The zero-order valence-corrected chi connectivity index (χ0v) is 10.7. The molecular weight excluding hydrogens is 211 g/mol. The van der Waals surface area contributed by atoms with Crippen LogP contribution in [0.4, 0.5) is 0 Å². The van der Waals surface area contributed by atoms with Gasteiger partial charge >= 0.3 is 0 Å². The molecule has 2 aliphatic rings. The molecule has 0 aromatic carbocycles. The molecule has 2 fully saturated rings. The summed E-state index contributed by atoms with van der Waals surface area (Å²) in [6, 6.07) is 0. The molecule has 2 aliphatic heterocycles. The van der Waals surface area contributed by atoms with Crippen LogP contribution in [0.2, 0.25) is 0 Å². The highest BCUT2D eigenvalue weighted by Crippen LogP contribution is 2.34. The van der Waals surface area contributed by atoms with Crippen molar-refractivity contribution in [2.75, 3.05) is 26.0 Å². The van der Waals surface area contributed by atoms with E-state index in [1.165, 1.54) is 6.16 Å². The molecule has 3 nitrogen and oxygen atoms in total. The Hall–Kier alpha value is 0.310. The van der Waals surface area contributed by atoms with E-state index in [4.69, 9.17) is 14.2 Å². The van der Waals surface area contributed by atoms with Crippen molar-refractivity contribution in [1.29, 1.82) is 0 Å². The lowest BCUT2D eigenvalue weighted by Crippen LogP contribution is -2.54. The van der Waals surface area contributed by atoms with Crippen LogP contribution in [-0.2, 0) is 14.2 Å². The van der Waals surface area contributed by atoms with E-state index in [9.17, 15) is 0 Å². The second kappa shape index (κ2) is 5.09. The van der Waals surface area contributed by atoms with Crippen LogP contribution in [0, 0.1) is 11.8 Å². The maximum Gasteiger partial charge on any atom is 0.155 e. The fourth-order valence-corrected chi connectivity index (χ4v) is 3.47. The number of hydrogen-bond donors (Lipinski definition) is 0. The minimum atomic E-state index is -0.0693. The Balaban J connectivity index is 1.98. The van der Waals surface area contributed by atoms with Crippen LogP contribution in [0.1, 0.15) is 13.8 Å². The fourth-order valence-electron chi connectivity index (χ4n) is 2.45. The molecule has 0 aromatic heterocycles. The first kappa shape index (κ1) is 11.8. The molecule has 4 heteroatoms. The Morgan fingerprint density at radius 3 is 2.73 bits per heavy atom. The van der Waals surface area contributed by atoms with E-state index >= 15 is 0 Å². The van der Waals surface area contributed by atoms with Gasteiger partial charge in [-0.2, -0.15) is 0 Å². The van der Waals surface area contributed by atoms with Crippen molar-refractivity contribution in [1.82, 2.24) is 0 Å². The van der Waals surface area contributed by atoms with Crippen LogP contribution >= 0.6 is 8.58 Å². The topological polar surface area (TPSA) is 27.7 Å². The number of hydrogen-bond acceptors (Lipinski definition) is 3. The molecule has 6 atom stereocenters. The highest BCUT2D eigenvalue weighted by molar-refractivity contribution is 7.36. The average molecular weight is 232 g/mol. The van der Waals surface area contributed by atoms with Gasteiger partial charge in [0.25, 0.3) is 0 Å². The van der Waals surface area contributed by atoms with E-state index in [0.29, 0.717) is 18.4 Å². The van der Waals surface area contributed by atoms with Crippen molar-refractivity contribution in [3.8, 4) is 0 Å². The predicted molar refractivity (Wildman–Crippen MR) is 61.8 cm³/mol. The second-order valence-corrected chi connectivity index (χ2v) is 5.67. The summed E-state index contributed by atoms with van der Waals surface area (Å²) in [5.74, 6) is 1.27. The van der Waals surface area contributed by atoms with Crippen LogP contribution < -0.4 is 0 Å². The van der Waals surface area contributed by atoms with Gasteiger partial charge in [-0.05, 0) is 31.6 Å². The van der Waals surface area contributed by atoms with Gasteiger partial charge in [-0.1, -0.05) is 6.92 Å². The third-order valence-electron chi connectivity index (χ3n) is 3.46. The third kappa shape index (κ3) is 2.52. The Bertz CT molecular complexity index is 212. The highest BCUT2D eigenvalue weighted by atomic mass is 31.1. The first-order valence-electron chi connectivity index (χ1n) is 5.75. The summed E-state index contributed by atoms with van der Waals surface area (Å²) in [6.07, 6.45) is 1.60. The van der Waals surface area contributed by atoms with Crippen molar-refractivity contribution in [2.24, 2.45) is 11.8 Å². The molecular formula is C11H21O3P. The quantitative estimate of drug-likeness (QED) is 0.678. The minimum absolute atomic E-state index is 0.0693. The molecule has 0 saturated carbocycles. The lowest BCUT2D eigenvalue weighted by molar-refractivity contribution is -0.286. The Labute approximate surface area is 93.6 Å². The summed E-state index contributed by atoms with van der Waals surface area (Å²) in [5, 5.41) is 0. The molecule has 0 bridgehead atoms. The van der Waals surface area contributed by atoms with Crippen molar-refractivity contribution in [3.63, 3.8) is 0 Å². The first-order valence-corrected chi connectivity index (χ1v) is 7.46. The monoisotopic (exact) mass is 232 g/mol. The maximum atomic E-state index is 5.83. The number of ether oxygens (including phenoxy) is 3. The third-order valence-corrected chi connectivity index (χ3v) is 4.40. The molecule has 0 spiro atoms. The first-order chi connectivity index (χ1) is 7.22. The van der Waals surface area contributed by atoms with Gasteiger partial charge < -0.3 is 14.2 Å². The summed E-state index contributed by atoms with van der Waals surface area (Å²) >= 11 is 0. The molecule has 0 amide bonds. The van der Waals surface area contributed by atoms with Crippen molar-refractivity contribution in [2.45, 2.75) is 32.3 Å². The number of fused-ring (bicyclic) bond motifs is 1. The SMILES string of the molecule is CPCC1COC2COC(C)OC2C1C. The van der Waals surface area contributed by atoms with Crippen molar-refractivity contribution in [3.05, 3.63) is 0 Å². The van der Waals surface area contributed by atoms with E-state index in [1.54, 1.807) is 0 Å². The van der Waals surface area contributed by atoms with Gasteiger partial charge in [0.05, 0.1) is 19.3 Å². The Morgan fingerprint density at radius 2 is 2.00 bits per heavy atom. The highest BCUT2D eigenvalue weighted by Gasteiger charge is 2.41. The zero-order valence-electron chi connectivity index (χ0n) is 9.73. The smallest absolute Gasteiger partial charge is 0.155 e. The summed E-state index contributed by atoms with van der Waals surface area (Å²) in [7, 11) is 1.00. The zero-order chi connectivity index (χ0) is 10.8. The normalized spacial score (nSPS) is 47.0. The van der Waals surface area contributed by atoms with Crippen LogP contribution in [0.25, 0.3) is 0 Å². The average Bonchev–Trinajstić information content (AvgIpc) is 2.23. The molecule has 0 radical (unpaired) electrons. The molecule has 6 unspecified atom stereocenters.